The number of anilines is 1. The molecule has 0 aliphatic carbocycles. The second-order valence-corrected chi connectivity index (χ2v) is 7.87. The number of carbonyl (C=O) groups is 1. The number of hydrogen-bond acceptors (Lipinski definition) is 7. The lowest BCUT2D eigenvalue weighted by molar-refractivity contribution is -0.118. The van der Waals surface area contributed by atoms with Crippen LogP contribution in [-0.4, -0.2) is 37.4 Å². The molecular weight excluding hydrogens is 326 g/mol. The highest BCUT2D eigenvalue weighted by molar-refractivity contribution is 7.92. The fourth-order valence-corrected chi connectivity index (χ4v) is 3.26. The van der Waals surface area contributed by atoms with Crippen molar-refractivity contribution < 1.29 is 17.9 Å². The molecule has 2 rings (SSSR count). The van der Waals surface area contributed by atoms with Crippen LogP contribution in [-0.2, 0) is 14.6 Å². The highest BCUT2D eigenvalue weighted by Gasteiger charge is 2.16. The summed E-state index contributed by atoms with van der Waals surface area (Å²) < 4.78 is 27.9. The van der Waals surface area contributed by atoms with E-state index in [1.807, 2.05) is 32.0 Å². The summed E-state index contributed by atoms with van der Waals surface area (Å²) in [6, 6.07) is 5.69. The van der Waals surface area contributed by atoms with Gasteiger partial charge < -0.3 is 4.74 Å². The number of aryl methyl sites for hydroxylation is 2. The second kappa shape index (κ2) is 6.41. The van der Waals surface area contributed by atoms with Gasteiger partial charge >= 0.3 is 0 Å². The normalized spacial score (nSPS) is 11.2. The van der Waals surface area contributed by atoms with Gasteiger partial charge in [-0.05, 0) is 25.0 Å². The molecule has 0 aliphatic rings. The summed E-state index contributed by atoms with van der Waals surface area (Å²) in [4.78, 5) is 11.8. The van der Waals surface area contributed by atoms with E-state index in [9.17, 15) is 13.2 Å². The van der Waals surface area contributed by atoms with E-state index in [1.54, 1.807) is 0 Å². The molecule has 0 radical (unpaired) electrons. The highest BCUT2D eigenvalue weighted by atomic mass is 32.2. The average Bonchev–Trinajstić information content (AvgIpc) is 2.86. The quantitative estimate of drug-likeness (QED) is 0.829. The van der Waals surface area contributed by atoms with Crippen molar-refractivity contribution in [1.29, 1.82) is 0 Å². The maximum atomic E-state index is 11.8. The summed E-state index contributed by atoms with van der Waals surface area (Å²) in [6.07, 6.45) is 1.03. The molecule has 0 saturated carbocycles. The lowest BCUT2D eigenvalue weighted by Crippen LogP contribution is -2.20. The number of aromatic nitrogens is 2. The first-order valence-electron chi connectivity index (χ1n) is 6.30. The Bertz CT molecular complexity index is 779. The molecule has 1 amide bonds. The number of rotatable bonds is 5. The molecule has 0 saturated heterocycles. The Hall–Kier alpha value is -2.00. The van der Waals surface area contributed by atoms with E-state index in [-0.39, 0.29) is 16.1 Å². The minimum Gasteiger partial charge on any atom is -0.483 e. The zero-order valence-electron chi connectivity index (χ0n) is 12.3. The molecule has 0 aliphatic heterocycles. The summed E-state index contributed by atoms with van der Waals surface area (Å²) >= 11 is 0.798. The van der Waals surface area contributed by atoms with Crippen molar-refractivity contribution in [1.82, 2.24) is 10.2 Å². The summed E-state index contributed by atoms with van der Waals surface area (Å²) in [5, 5.41) is 9.71. The van der Waals surface area contributed by atoms with Crippen LogP contribution in [0.15, 0.2) is 22.5 Å². The van der Waals surface area contributed by atoms with E-state index < -0.39 is 15.7 Å². The number of sulfone groups is 1. The predicted molar refractivity (Wildman–Crippen MR) is 83.1 cm³/mol. The number of amides is 1. The Morgan fingerprint density at radius 3 is 2.45 bits per heavy atom. The maximum Gasteiger partial charge on any atom is 0.264 e. The van der Waals surface area contributed by atoms with Gasteiger partial charge in [-0.1, -0.05) is 29.5 Å². The van der Waals surface area contributed by atoms with Crippen molar-refractivity contribution >= 4 is 32.2 Å². The molecule has 9 heteroatoms. The average molecular weight is 341 g/mol. The molecule has 0 bridgehead atoms. The summed E-state index contributed by atoms with van der Waals surface area (Å²) in [5.41, 5.74) is 1.87. The third-order valence-electron chi connectivity index (χ3n) is 2.73. The Kier molecular flexibility index (Phi) is 4.77. The van der Waals surface area contributed by atoms with E-state index in [0.29, 0.717) is 5.75 Å². The van der Waals surface area contributed by atoms with Crippen LogP contribution in [0.25, 0.3) is 0 Å². The van der Waals surface area contributed by atoms with E-state index in [4.69, 9.17) is 4.74 Å². The number of benzene rings is 1. The minimum absolute atomic E-state index is 0.121. The highest BCUT2D eigenvalue weighted by Crippen LogP contribution is 2.23. The molecule has 1 aromatic carbocycles. The standard InChI is InChI=1S/C13H15N3O4S2/c1-8-5-4-6-9(2)11(8)20-7-10(17)14-12-15-16-13(21-12)22(3,18)19/h4-6H,7H2,1-3H3,(H,14,15,17). The molecule has 0 unspecified atom stereocenters. The zero-order chi connectivity index (χ0) is 16.3. The van der Waals surface area contributed by atoms with Crippen molar-refractivity contribution in [2.24, 2.45) is 0 Å². The third kappa shape index (κ3) is 4.01. The van der Waals surface area contributed by atoms with Gasteiger partial charge in [-0.15, -0.1) is 10.2 Å². The lowest BCUT2D eigenvalue weighted by Gasteiger charge is -2.11. The number of hydrogen-bond donors (Lipinski definition) is 1. The summed E-state index contributed by atoms with van der Waals surface area (Å²) in [7, 11) is -3.42. The predicted octanol–water partition coefficient (Wildman–Crippen LogP) is 1.58. The molecule has 2 aromatic rings. The van der Waals surface area contributed by atoms with E-state index in [2.05, 4.69) is 15.5 Å². The fourth-order valence-electron chi connectivity index (χ4n) is 1.73. The van der Waals surface area contributed by atoms with Gasteiger partial charge in [0, 0.05) is 6.26 Å². The Morgan fingerprint density at radius 1 is 1.27 bits per heavy atom. The largest absolute Gasteiger partial charge is 0.483 e. The van der Waals surface area contributed by atoms with Gasteiger partial charge in [-0.2, -0.15) is 0 Å². The first-order chi connectivity index (χ1) is 10.3. The van der Waals surface area contributed by atoms with E-state index >= 15 is 0 Å². The van der Waals surface area contributed by atoms with Gasteiger partial charge in [0.25, 0.3) is 5.91 Å². The number of ether oxygens (including phenoxy) is 1. The van der Waals surface area contributed by atoms with Crippen LogP contribution in [0.3, 0.4) is 0 Å². The van der Waals surface area contributed by atoms with Crippen LogP contribution >= 0.6 is 11.3 Å². The van der Waals surface area contributed by atoms with E-state index in [1.165, 1.54) is 0 Å². The Morgan fingerprint density at radius 2 is 1.91 bits per heavy atom. The Labute approximate surface area is 132 Å². The first kappa shape index (κ1) is 16.4. The molecular formula is C13H15N3O4S2. The van der Waals surface area contributed by atoms with Gasteiger partial charge in [0.05, 0.1) is 0 Å². The molecule has 0 fully saturated rings. The van der Waals surface area contributed by atoms with Crippen LogP contribution in [0, 0.1) is 13.8 Å². The molecule has 1 heterocycles. The molecule has 0 atom stereocenters. The van der Waals surface area contributed by atoms with Gasteiger partial charge in [0.1, 0.15) is 5.75 Å². The van der Waals surface area contributed by atoms with Gasteiger partial charge in [-0.25, -0.2) is 8.42 Å². The molecule has 118 valence electrons. The zero-order valence-corrected chi connectivity index (χ0v) is 13.9. The van der Waals surface area contributed by atoms with Crippen molar-refractivity contribution in [3.63, 3.8) is 0 Å². The van der Waals surface area contributed by atoms with Crippen LogP contribution in [0.5, 0.6) is 5.75 Å². The summed E-state index contributed by atoms with van der Waals surface area (Å²) in [6.45, 7) is 3.59. The first-order valence-corrected chi connectivity index (χ1v) is 9.00. The Balaban J connectivity index is 1.98. The minimum atomic E-state index is -3.42. The van der Waals surface area contributed by atoms with Crippen LogP contribution in [0.4, 0.5) is 5.13 Å². The van der Waals surface area contributed by atoms with Crippen molar-refractivity contribution in [2.75, 3.05) is 18.2 Å². The second-order valence-electron chi connectivity index (χ2n) is 4.70. The van der Waals surface area contributed by atoms with Gasteiger partial charge in [0.15, 0.2) is 6.61 Å². The SMILES string of the molecule is Cc1cccc(C)c1OCC(=O)Nc1nnc(S(C)(=O)=O)s1. The van der Waals surface area contributed by atoms with Crippen molar-refractivity contribution in [3.05, 3.63) is 29.3 Å². The summed E-state index contributed by atoms with van der Waals surface area (Å²) in [5.74, 6) is 0.227. The van der Waals surface area contributed by atoms with Crippen LogP contribution in [0.2, 0.25) is 0 Å². The van der Waals surface area contributed by atoms with Gasteiger partial charge in [0.2, 0.25) is 19.3 Å². The van der Waals surface area contributed by atoms with Crippen LogP contribution in [0.1, 0.15) is 11.1 Å². The van der Waals surface area contributed by atoms with E-state index in [0.717, 1.165) is 28.7 Å². The topological polar surface area (TPSA) is 98.2 Å². The molecule has 1 N–H and O–H groups in total. The maximum absolute atomic E-state index is 11.8. The number of carbonyl (C=O) groups excluding carboxylic acids is 1. The van der Waals surface area contributed by atoms with Crippen molar-refractivity contribution in [3.8, 4) is 5.75 Å². The lowest BCUT2D eigenvalue weighted by atomic mass is 10.1. The molecule has 22 heavy (non-hydrogen) atoms. The monoisotopic (exact) mass is 341 g/mol. The number of para-hydroxylation sites is 1. The third-order valence-corrected chi connectivity index (χ3v) is 5.23. The number of nitrogens with one attached hydrogen (secondary N) is 1. The fraction of sp³-hybridized carbons (Fsp3) is 0.308. The molecule has 0 spiro atoms. The smallest absolute Gasteiger partial charge is 0.264 e. The molecule has 7 nitrogen and oxygen atoms in total. The van der Waals surface area contributed by atoms with Crippen molar-refractivity contribution in [2.45, 2.75) is 18.2 Å². The molecule has 1 aromatic heterocycles. The van der Waals surface area contributed by atoms with Crippen LogP contribution < -0.4 is 10.1 Å². The van der Waals surface area contributed by atoms with Gasteiger partial charge in [-0.3, -0.25) is 10.1 Å². The number of nitrogens with zero attached hydrogens (tertiary/aromatic N) is 2.